The Kier molecular flexibility index (Phi) is 3.95. The van der Waals surface area contributed by atoms with Crippen LogP contribution >= 0.6 is 15.9 Å². The molecule has 0 unspecified atom stereocenters. The van der Waals surface area contributed by atoms with Gasteiger partial charge in [0, 0.05) is 21.2 Å². The van der Waals surface area contributed by atoms with Gasteiger partial charge in [-0.25, -0.2) is 0 Å². The Labute approximate surface area is 148 Å². The summed E-state index contributed by atoms with van der Waals surface area (Å²) in [6.45, 7) is 0. The van der Waals surface area contributed by atoms with Crippen LogP contribution in [0, 0.1) is 0 Å². The lowest BCUT2D eigenvalue weighted by molar-refractivity contribution is 0.102. The first kappa shape index (κ1) is 15.2. The summed E-state index contributed by atoms with van der Waals surface area (Å²) in [6, 6.07) is 19.7. The summed E-state index contributed by atoms with van der Waals surface area (Å²) in [5, 5.41) is 0. The molecule has 0 saturated heterocycles. The van der Waals surface area contributed by atoms with Gasteiger partial charge < -0.3 is 4.42 Å². The molecule has 3 aromatic rings. The largest absolute Gasteiger partial charge is 0.457 e. The van der Waals surface area contributed by atoms with Gasteiger partial charge in [0.05, 0.1) is 0 Å². The fourth-order valence-corrected chi connectivity index (χ4v) is 3.29. The molecule has 2 nitrogen and oxygen atoms in total. The van der Waals surface area contributed by atoms with Crippen molar-refractivity contribution in [2.45, 2.75) is 12.8 Å². The van der Waals surface area contributed by atoms with Gasteiger partial charge in [-0.05, 0) is 48.7 Å². The predicted molar refractivity (Wildman–Crippen MR) is 98.9 cm³/mol. The number of halogens is 1. The summed E-state index contributed by atoms with van der Waals surface area (Å²) in [5.41, 5.74) is 3.78. The fourth-order valence-electron chi connectivity index (χ4n) is 3.02. The Hall–Kier alpha value is -2.39. The first-order valence-corrected chi connectivity index (χ1v) is 8.69. The zero-order valence-corrected chi connectivity index (χ0v) is 14.5. The van der Waals surface area contributed by atoms with E-state index in [9.17, 15) is 4.79 Å². The molecule has 1 heterocycles. The van der Waals surface area contributed by atoms with Crippen molar-refractivity contribution < 1.29 is 9.21 Å². The first-order chi connectivity index (χ1) is 11.7. The van der Waals surface area contributed by atoms with Crippen LogP contribution in [-0.2, 0) is 6.42 Å². The van der Waals surface area contributed by atoms with Gasteiger partial charge >= 0.3 is 0 Å². The molecule has 0 radical (unpaired) electrons. The van der Waals surface area contributed by atoms with Crippen LogP contribution < -0.4 is 0 Å². The Morgan fingerprint density at radius 1 is 0.917 bits per heavy atom. The number of aryl methyl sites for hydroxylation is 1. The number of furan rings is 1. The lowest BCUT2D eigenvalue weighted by Crippen LogP contribution is -2.13. The van der Waals surface area contributed by atoms with Crippen LogP contribution in [0.25, 0.3) is 17.4 Å². The highest BCUT2D eigenvalue weighted by Gasteiger charge is 2.21. The maximum Gasteiger partial charge on any atom is 0.189 e. The summed E-state index contributed by atoms with van der Waals surface area (Å²) in [4.78, 5) is 12.6. The number of benzene rings is 2. The number of hydrogen-bond donors (Lipinski definition) is 0. The van der Waals surface area contributed by atoms with Gasteiger partial charge in [0.15, 0.2) is 5.78 Å². The summed E-state index contributed by atoms with van der Waals surface area (Å²) in [5.74, 6) is 1.63. The van der Waals surface area contributed by atoms with Crippen molar-refractivity contribution in [1.29, 1.82) is 0 Å². The highest BCUT2D eigenvalue weighted by atomic mass is 79.9. The molecule has 0 saturated carbocycles. The van der Waals surface area contributed by atoms with E-state index in [1.807, 2.05) is 66.7 Å². The molecule has 0 spiro atoms. The summed E-state index contributed by atoms with van der Waals surface area (Å²) in [7, 11) is 0. The van der Waals surface area contributed by atoms with E-state index in [2.05, 4.69) is 15.9 Å². The second-order valence-electron chi connectivity index (χ2n) is 5.86. The zero-order chi connectivity index (χ0) is 16.5. The van der Waals surface area contributed by atoms with Gasteiger partial charge in [-0.1, -0.05) is 52.3 Å². The Morgan fingerprint density at radius 2 is 1.71 bits per heavy atom. The van der Waals surface area contributed by atoms with E-state index in [-0.39, 0.29) is 5.78 Å². The number of Topliss-reactive ketones (excluding diaryl/α,β-unsaturated/α-hetero) is 1. The van der Waals surface area contributed by atoms with Crippen molar-refractivity contribution in [1.82, 2.24) is 0 Å². The van der Waals surface area contributed by atoms with Gasteiger partial charge in [-0.2, -0.15) is 0 Å². The molecule has 0 bridgehead atoms. The molecule has 4 rings (SSSR count). The molecule has 2 aromatic carbocycles. The van der Waals surface area contributed by atoms with Crippen LogP contribution in [0.5, 0.6) is 0 Å². The second-order valence-corrected chi connectivity index (χ2v) is 6.78. The van der Waals surface area contributed by atoms with Gasteiger partial charge in [-0.3, -0.25) is 4.79 Å². The molecule has 3 heteroatoms. The number of carbonyl (C=O) groups excluding carboxylic acids is 1. The molecule has 1 aliphatic rings. The molecule has 118 valence electrons. The molecule has 0 amide bonds. The maximum atomic E-state index is 12.6. The molecule has 1 aromatic heterocycles. The third-order valence-corrected chi connectivity index (χ3v) is 4.82. The van der Waals surface area contributed by atoms with E-state index in [1.165, 1.54) is 0 Å². The van der Waals surface area contributed by atoms with Crippen LogP contribution in [0.4, 0.5) is 0 Å². The topological polar surface area (TPSA) is 30.2 Å². The number of allylic oxidation sites excluding steroid dienone is 1. The molecular weight excluding hydrogens is 364 g/mol. The third-order valence-electron chi connectivity index (χ3n) is 4.29. The van der Waals surface area contributed by atoms with E-state index in [1.54, 1.807) is 0 Å². The van der Waals surface area contributed by atoms with Gasteiger partial charge in [0.1, 0.15) is 11.5 Å². The van der Waals surface area contributed by atoms with Crippen molar-refractivity contribution in [3.63, 3.8) is 0 Å². The molecule has 0 N–H and O–H groups in total. The van der Waals surface area contributed by atoms with E-state index >= 15 is 0 Å². The van der Waals surface area contributed by atoms with Crippen LogP contribution in [0.3, 0.4) is 0 Å². The lowest BCUT2D eigenvalue weighted by Gasteiger charge is -2.16. The standard InChI is InChI=1S/C21H15BrO2/c22-17-9-7-15(8-10-17)20-12-11-18(24-20)13-16-6-5-14-3-1-2-4-19(14)21(16)23/h1-4,7-13H,5-6H2/b16-13+. The Bertz CT molecular complexity index is 932. The maximum absolute atomic E-state index is 12.6. The average Bonchev–Trinajstić information content (AvgIpc) is 3.07. The number of hydrogen-bond acceptors (Lipinski definition) is 2. The average molecular weight is 379 g/mol. The quantitative estimate of drug-likeness (QED) is 0.517. The second kappa shape index (κ2) is 6.25. The molecule has 0 atom stereocenters. The van der Waals surface area contributed by atoms with E-state index < -0.39 is 0 Å². The minimum Gasteiger partial charge on any atom is -0.457 e. The van der Waals surface area contributed by atoms with Crippen LogP contribution in [0.15, 0.2) is 75.1 Å². The van der Waals surface area contributed by atoms with Crippen LogP contribution in [0.2, 0.25) is 0 Å². The number of rotatable bonds is 2. The fraction of sp³-hybridized carbons (Fsp3) is 0.0952. The number of ketones is 1. The van der Waals surface area contributed by atoms with Crippen LogP contribution in [-0.4, -0.2) is 5.78 Å². The van der Waals surface area contributed by atoms with Crippen molar-refractivity contribution >= 4 is 27.8 Å². The predicted octanol–water partition coefficient (Wildman–Crippen LogP) is 5.92. The van der Waals surface area contributed by atoms with Crippen molar-refractivity contribution in [2.24, 2.45) is 0 Å². The number of fused-ring (bicyclic) bond motifs is 1. The van der Waals surface area contributed by atoms with Crippen molar-refractivity contribution in [3.05, 3.63) is 87.6 Å². The van der Waals surface area contributed by atoms with Crippen LogP contribution in [0.1, 0.15) is 28.1 Å². The minimum absolute atomic E-state index is 0.110. The number of carbonyl (C=O) groups is 1. The molecule has 0 fully saturated rings. The van der Waals surface area contributed by atoms with E-state index in [0.717, 1.165) is 51.1 Å². The third kappa shape index (κ3) is 2.87. The smallest absolute Gasteiger partial charge is 0.189 e. The highest BCUT2D eigenvalue weighted by Crippen LogP contribution is 2.29. The van der Waals surface area contributed by atoms with Gasteiger partial charge in [0.25, 0.3) is 0 Å². The van der Waals surface area contributed by atoms with Crippen molar-refractivity contribution in [3.8, 4) is 11.3 Å². The van der Waals surface area contributed by atoms with Gasteiger partial charge in [0.2, 0.25) is 0 Å². The molecule has 1 aliphatic carbocycles. The SMILES string of the molecule is O=C1/C(=C/c2ccc(-c3ccc(Br)cc3)o2)CCc2ccccc21. The lowest BCUT2D eigenvalue weighted by atomic mass is 9.86. The normalized spacial score (nSPS) is 15.5. The monoisotopic (exact) mass is 378 g/mol. The summed E-state index contributed by atoms with van der Waals surface area (Å²) >= 11 is 3.43. The highest BCUT2D eigenvalue weighted by molar-refractivity contribution is 9.10. The summed E-state index contributed by atoms with van der Waals surface area (Å²) < 4.78 is 6.94. The molecule has 0 aliphatic heterocycles. The Balaban J connectivity index is 1.63. The summed E-state index contributed by atoms with van der Waals surface area (Å²) in [6.07, 6.45) is 3.53. The van der Waals surface area contributed by atoms with Gasteiger partial charge in [-0.15, -0.1) is 0 Å². The molecular formula is C21H15BrO2. The Morgan fingerprint density at radius 3 is 2.54 bits per heavy atom. The van der Waals surface area contributed by atoms with Crippen molar-refractivity contribution in [2.75, 3.05) is 0 Å². The van der Waals surface area contributed by atoms with E-state index in [0.29, 0.717) is 0 Å². The first-order valence-electron chi connectivity index (χ1n) is 7.90. The minimum atomic E-state index is 0.110. The molecule has 24 heavy (non-hydrogen) atoms. The van der Waals surface area contributed by atoms with E-state index in [4.69, 9.17) is 4.42 Å². The zero-order valence-electron chi connectivity index (χ0n) is 13.0.